The van der Waals surface area contributed by atoms with Crippen LogP contribution in [0.4, 0.5) is 5.69 Å². The Morgan fingerprint density at radius 3 is 2.22 bits per heavy atom. The smallest absolute Gasteiger partial charge is 0.231 e. The normalized spacial score (nSPS) is 15.9. The topological polar surface area (TPSA) is 41.6 Å². The number of anilines is 1. The molecule has 3 rings (SSSR count). The number of hydrogen-bond donors (Lipinski definition) is 1. The van der Waals surface area contributed by atoms with Crippen molar-refractivity contribution in [2.24, 2.45) is 0 Å². The van der Waals surface area contributed by atoms with E-state index in [-0.39, 0.29) is 5.91 Å². The maximum Gasteiger partial charge on any atom is 0.231 e. The van der Waals surface area contributed by atoms with Crippen molar-refractivity contribution >= 4 is 11.6 Å². The van der Waals surface area contributed by atoms with Crippen molar-refractivity contribution in [3.63, 3.8) is 0 Å². The molecule has 0 aliphatic carbocycles. The van der Waals surface area contributed by atoms with Crippen LogP contribution in [0, 0.1) is 0 Å². The van der Waals surface area contributed by atoms with Crippen molar-refractivity contribution in [1.82, 2.24) is 5.32 Å². The molecule has 0 atom stereocenters. The molecule has 4 nitrogen and oxygen atoms in total. The van der Waals surface area contributed by atoms with E-state index in [0.29, 0.717) is 19.8 Å². The van der Waals surface area contributed by atoms with Crippen molar-refractivity contribution < 1.29 is 9.53 Å². The predicted octanol–water partition coefficient (Wildman–Crippen LogP) is 3.90. The van der Waals surface area contributed by atoms with Gasteiger partial charge in [-0.25, -0.2) is 0 Å². The predicted molar refractivity (Wildman–Crippen MR) is 110 cm³/mol. The van der Waals surface area contributed by atoms with Gasteiger partial charge in [0.1, 0.15) is 0 Å². The van der Waals surface area contributed by atoms with Gasteiger partial charge in [-0.3, -0.25) is 4.79 Å². The van der Waals surface area contributed by atoms with Crippen LogP contribution < -0.4 is 10.2 Å². The molecule has 27 heavy (non-hydrogen) atoms. The number of rotatable bonds is 7. The minimum atomic E-state index is -0.485. The van der Waals surface area contributed by atoms with Crippen LogP contribution in [0.15, 0.2) is 54.6 Å². The summed E-state index contributed by atoms with van der Waals surface area (Å²) in [4.78, 5) is 15.5. The zero-order valence-electron chi connectivity index (χ0n) is 16.4. The van der Waals surface area contributed by atoms with Crippen LogP contribution in [0.25, 0.3) is 0 Å². The Morgan fingerprint density at radius 2 is 1.63 bits per heavy atom. The molecule has 0 aromatic heterocycles. The molecule has 2 aromatic carbocycles. The Labute approximate surface area is 162 Å². The maximum atomic E-state index is 13.2. The maximum absolute atomic E-state index is 13.2. The molecule has 0 unspecified atom stereocenters. The van der Waals surface area contributed by atoms with E-state index in [2.05, 4.69) is 60.5 Å². The standard InChI is InChI=1S/C23H30N2O2/c1-3-25(4-2)21-12-10-19(11-13-21)18-24-22(26)23(14-16-27-17-15-23)20-8-6-5-7-9-20/h5-13H,3-4,14-18H2,1-2H3,(H,24,26). The molecule has 1 aliphatic heterocycles. The molecule has 144 valence electrons. The highest BCUT2D eigenvalue weighted by Crippen LogP contribution is 2.35. The fraction of sp³-hybridized carbons (Fsp3) is 0.435. The summed E-state index contributed by atoms with van der Waals surface area (Å²) in [6, 6.07) is 18.6. The van der Waals surface area contributed by atoms with E-state index < -0.39 is 5.41 Å². The van der Waals surface area contributed by atoms with Crippen molar-refractivity contribution in [2.75, 3.05) is 31.2 Å². The molecule has 4 heteroatoms. The second-order valence-electron chi connectivity index (χ2n) is 7.08. The quantitative estimate of drug-likeness (QED) is 0.808. The van der Waals surface area contributed by atoms with Gasteiger partial charge in [0.15, 0.2) is 0 Å². The first-order chi connectivity index (χ1) is 13.2. The molecule has 0 spiro atoms. The minimum Gasteiger partial charge on any atom is -0.381 e. The van der Waals surface area contributed by atoms with Crippen molar-refractivity contribution in [2.45, 2.75) is 38.6 Å². The first kappa shape index (κ1) is 19.4. The van der Waals surface area contributed by atoms with Gasteiger partial charge in [0, 0.05) is 38.5 Å². The monoisotopic (exact) mass is 366 g/mol. The molecule has 1 heterocycles. The average Bonchev–Trinajstić information content (AvgIpc) is 2.75. The third kappa shape index (κ3) is 4.33. The van der Waals surface area contributed by atoms with Gasteiger partial charge in [-0.15, -0.1) is 0 Å². The highest BCUT2D eigenvalue weighted by molar-refractivity contribution is 5.88. The number of amides is 1. The fourth-order valence-electron chi connectivity index (χ4n) is 3.89. The molecule has 0 radical (unpaired) electrons. The Hall–Kier alpha value is -2.33. The molecular weight excluding hydrogens is 336 g/mol. The summed E-state index contributed by atoms with van der Waals surface area (Å²) < 4.78 is 5.53. The number of ether oxygens (including phenoxy) is 1. The lowest BCUT2D eigenvalue weighted by Crippen LogP contribution is -2.47. The van der Waals surface area contributed by atoms with Gasteiger partial charge in [0.05, 0.1) is 5.41 Å². The number of hydrogen-bond acceptors (Lipinski definition) is 3. The summed E-state index contributed by atoms with van der Waals surface area (Å²) in [7, 11) is 0. The Morgan fingerprint density at radius 1 is 1.00 bits per heavy atom. The van der Waals surface area contributed by atoms with Gasteiger partial charge < -0.3 is 15.0 Å². The van der Waals surface area contributed by atoms with Crippen LogP contribution in [0.3, 0.4) is 0 Å². The SMILES string of the molecule is CCN(CC)c1ccc(CNC(=O)C2(c3ccccc3)CCOCC2)cc1. The zero-order valence-corrected chi connectivity index (χ0v) is 16.4. The summed E-state index contributed by atoms with van der Waals surface area (Å²) in [5.41, 5.74) is 2.94. The average molecular weight is 367 g/mol. The van der Waals surface area contributed by atoms with E-state index in [0.717, 1.165) is 37.1 Å². The van der Waals surface area contributed by atoms with Gasteiger partial charge in [-0.05, 0) is 49.9 Å². The lowest BCUT2D eigenvalue weighted by Gasteiger charge is -2.36. The summed E-state index contributed by atoms with van der Waals surface area (Å²) in [6.07, 6.45) is 1.45. The summed E-state index contributed by atoms with van der Waals surface area (Å²) >= 11 is 0. The third-order valence-corrected chi connectivity index (χ3v) is 5.63. The van der Waals surface area contributed by atoms with Crippen LogP contribution in [0.2, 0.25) is 0 Å². The van der Waals surface area contributed by atoms with E-state index in [1.165, 1.54) is 5.69 Å². The molecule has 1 saturated heterocycles. The largest absolute Gasteiger partial charge is 0.381 e. The van der Waals surface area contributed by atoms with Crippen LogP contribution in [-0.4, -0.2) is 32.2 Å². The summed E-state index contributed by atoms with van der Waals surface area (Å²) in [6.45, 7) is 8.11. The van der Waals surface area contributed by atoms with E-state index in [9.17, 15) is 4.79 Å². The van der Waals surface area contributed by atoms with Crippen LogP contribution in [0.5, 0.6) is 0 Å². The van der Waals surface area contributed by atoms with E-state index >= 15 is 0 Å². The fourth-order valence-corrected chi connectivity index (χ4v) is 3.89. The third-order valence-electron chi connectivity index (χ3n) is 5.63. The number of nitrogens with one attached hydrogen (secondary N) is 1. The van der Waals surface area contributed by atoms with Crippen molar-refractivity contribution in [1.29, 1.82) is 0 Å². The van der Waals surface area contributed by atoms with E-state index in [1.807, 2.05) is 18.2 Å². The second-order valence-corrected chi connectivity index (χ2v) is 7.08. The van der Waals surface area contributed by atoms with Crippen LogP contribution in [0.1, 0.15) is 37.8 Å². The van der Waals surface area contributed by atoms with Gasteiger partial charge in [-0.2, -0.15) is 0 Å². The molecule has 1 fully saturated rings. The molecule has 2 aromatic rings. The Bertz CT molecular complexity index is 718. The summed E-state index contributed by atoms with van der Waals surface area (Å²) in [5, 5.41) is 3.18. The number of carbonyl (C=O) groups excluding carboxylic acids is 1. The summed E-state index contributed by atoms with van der Waals surface area (Å²) in [5.74, 6) is 0.102. The number of nitrogens with zero attached hydrogens (tertiary/aromatic N) is 1. The number of carbonyl (C=O) groups is 1. The zero-order chi connectivity index (χ0) is 19.1. The lowest BCUT2D eigenvalue weighted by atomic mass is 9.73. The van der Waals surface area contributed by atoms with E-state index in [1.54, 1.807) is 0 Å². The van der Waals surface area contributed by atoms with Gasteiger partial charge in [0.25, 0.3) is 0 Å². The first-order valence-electron chi connectivity index (χ1n) is 9.95. The van der Waals surface area contributed by atoms with E-state index in [4.69, 9.17) is 4.74 Å². The van der Waals surface area contributed by atoms with Gasteiger partial charge >= 0.3 is 0 Å². The Kier molecular flexibility index (Phi) is 6.51. The molecule has 1 amide bonds. The van der Waals surface area contributed by atoms with Gasteiger partial charge in [-0.1, -0.05) is 42.5 Å². The molecular formula is C23H30N2O2. The Balaban J connectivity index is 1.70. The van der Waals surface area contributed by atoms with Crippen molar-refractivity contribution in [3.8, 4) is 0 Å². The van der Waals surface area contributed by atoms with Crippen LogP contribution in [-0.2, 0) is 21.5 Å². The molecule has 1 aliphatic rings. The van der Waals surface area contributed by atoms with Gasteiger partial charge in [0.2, 0.25) is 5.91 Å². The molecule has 0 bridgehead atoms. The molecule has 1 N–H and O–H groups in total. The number of benzene rings is 2. The first-order valence-corrected chi connectivity index (χ1v) is 9.95. The van der Waals surface area contributed by atoms with Crippen LogP contribution >= 0.6 is 0 Å². The highest BCUT2D eigenvalue weighted by Gasteiger charge is 2.41. The highest BCUT2D eigenvalue weighted by atomic mass is 16.5. The lowest BCUT2D eigenvalue weighted by molar-refractivity contribution is -0.130. The second kappa shape index (κ2) is 9.05. The van der Waals surface area contributed by atoms with Crippen molar-refractivity contribution in [3.05, 3.63) is 65.7 Å². The molecule has 0 saturated carbocycles. The minimum absolute atomic E-state index is 0.102.